The lowest BCUT2D eigenvalue weighted by atomic mass is 10.2. The lowest BCUT2D eigenvalue weighted by molar-refractivity contribution is 0.401. The first-order chi connectivity index (χ1) is 12.6. The Morgan fingerprint density at radius 1 is 1.11 bits per heavy atom. The lowest BCUT2D eigenvalue weighted by Gasteiger charge is -2.21. The van der Waals surface area contributed by atoms with Crippen LogP contribution in [0.1, 0.15) is 20.8 Å². The van der Waals surface area contributed by atoms with E-state index in [-0.39, 0.29) is 16.5 Å². The first-order valence-electron chi connectivity index (χ1n) is 8.20. The van der Waals surface area contributed by atoms with Gasteiger partial charge in [-0.3, -0.25) is 4.40 Å². The number of sulfone groups is 1. The number of aromatic nitrogens is 3. The highest BCUT2D eigenvalue weighted by Gasteiger charge is 2.34. The van der Waals surface area contributed by atoms with Crippen molar-refractivity contribution >= 4 is 21.3 Å². The summed E-state index contributed by atoms with van der Waals surface area (Å²) in [4.78, 5) is 8.76. The summed E-state index contributed by atoms with van der Waals surface area (Å²) in [5.41, 5.74) is 7.59. The molecular formula is C18H22N4O4S. The molecule has 0 aliphatic heterocycles. The van der Waals surface area contributed by atoms with Crippen LogP contribution >= 0.6 is 0 Å². The number of hydrogen-bond acceptors (Lipinski definition) is 7. The molecule has 3 aromatic heterocycles. The number of fused-ring (bicyclic) bond motifs is 1. The second-order valence-corrected chi connectivity index (χ2v) is 9.65. The second kappa shape index (κ2) is 6.41. The minimum Gasteiger partial charge on any atom is -0.495 e. The summed E-state index contributed by atoms with van der Waals surface area (Å²) in [7, 11) is -0.700. The Labute approximate surface area is 157 Å². The molecule has 0 fully saturated rings. The van der Waals surface area contributed by atoms with Gasteiger partial charge in [-0.1, -0.05) is 0 Å². The van der Waals surface area contributed by atoms with Crippen molar-refractivity contribution in [2.45, 2.75) is 30.4 Å². The summed E-state index contributed by atoms with van der Waals surface area (Å²) in [5, 5.41) is 0. The zero-order chi connectivity index (χ0) is 20.0. The number of nitrogens with zero attached hydrogens (tertiary/aromatic N) is 3. The Balaban J connectivity index is 2.27. The van der Waals surface area contributed by atoms with Gasteiger partial charge in [-0.25, -0.2) is 18.4 Å². The minimum atomic E-state index is -3.65. The van der Waals surface area contributed by atoms with Gasteiger partial charge in [-0.05, 0) is 32.9 Å². The minimum absolute atomic E-state index is 0.0886. The molecule has 0 bridgehead atoms. The summed E-state index contributed by atoms with van der Waals surface area (Å²) in [6.07, 6.45) is 3.12. The Bertz CT molecular complexity index is 1110. The maximum Gasteiger partial charge on any atom is 0.188 e. The highest BCUT2D eigenvalue weighted by Crippen LogP contribution is 2.34. The van der Waals surface area contributed by atoms with Crippen molar-refractivity contribution in [3.05, 3.63) is 30.6 Å². The number of hydrogen-bond donors (Lipinski definition) is 1. The average Bonchev–Trinajstić information content (AvgIpc) is 3.02. The van der Waals surface area contributed by atoms with Crippen LogP contribution in [0.25, 0.3) is 17.0 Å². The number of imidazole rings is 1. The highest BCUT2D eigenvalue weighted by atomic mass is 32.2. The van der Waals surface area contributed by atoms with E-state index in [0.717, 1.165) is 0 Å². The second-order valence-electron chi connectivity index (χ2n) is 6.98. The van der Waals surface area contributed by atoms with E-state index in [1.807, 2.05) is 0 Å². The van der Waals surface area contributed by atoms with Crippen LogP contribution in [0, 0.1) is 0 Å². The van der Waals surface area contributed by atoms with Gasteiger partial charge in [0.15, 0.2) is 21.4 Å². The summed E-state index contributed by atoms with van der Waals surface area (Å²) in [5.74, 6) is 0.947. The van der Waals surface area contributed by atoms with Crippen molar-refractivity contribution in [2.24, 2.45) is 0 Å². The van der Waals surface area contributed by atoms with E-state index in [1.54, 1.807) is 49.6 Å². The molecule has 0 saturated heterocycles. The van der Waals surface area contributed by atoms with Gasteiger partial charge in [0.05, 0.1) is 36.6 Å². The molecule has 0 aliphatic carbocycles. The largest absolute Gasteiger partial charge is 0.495 e. The maximum absolute atomic E-state index is 13.0. The van der Waals surface area contributed by atoms with Gasteiger partial charge >= 0.3 is 0 Å². The van der Waals surface area contributed by atoms with Crippen LogP contribution in [0.15, 0.2) is 35.5 Å². The van der Waals surface area contributed by atoms with Crippen LogP contribution < -0.4 is 15.2 Å². The Hall–Kier alpha value is -2.81. The summed E-state index contributed by atoms with van der Waals surface area (Å²) in [6, 6.07) is 5.03. The molecule has 0 spiro atoms. The van der Waals surface area contributed by atoms with E-state index < -0.39 is 14.6 Å². The molecule has 8 nitrogen and oxygen atoms in total. The molecule has 0 unspecified atom stereocenters. The third-order valence-electron chi connectivity index (χ3n) is 4.26. The van der Waals surface area contributed by atoms with Crippen LogP contribution in [0.2, 0.25) is 0 Å². The van der Waals surface area contributed by atoms with Crippen molar-refractivity contribution in [2.75, 3.05) is 20.0 Å². The van der Waals surface area contributed by atoms with Crippen LogP contribution in [0.4, 0.5) is 5.82 Å². The predicted molar refractivity (Wildman–Crippen MR) is 103 cm³/mol. The van der Waals surface area contributed by atoms with Crippen LogP contribution in [-0.2, 0) is 9.84 Å². The molecular weight excluding hydrogens is 368 g/mol. The number of pyridine rings is 2. The topological polar surface area (TPSA) is 109 Å². The number of anilines is 1. The summed E-state index contributed by atoms with van der Waals surface area (Å²) < 4.78 is 37.2. The number of ether oxygens (including phenoxy) is 2. The Morgan fingerprint density at radius 3 is 2.33 bits per heavy atom. The number of methoxy groups -OCH3 is 2. The molecule has 0 saturated carbocycles. The zero-order valence-electron chi connectivity index (χ0n) is 15.8. The van der Waals surface area contributed by atoms with Gasteiger partial charge in [0.2, 0.25) is 0 Å². The molecule has 27 heavy (non-hydrogen) atoms. The van der Waals surface area contributed by atoms with Gasteiger partial charge in [0, 0.05) is 12.3 Å². The SMILES string of the molecule is COc1cc2ncc(-c3ccc(OC)c(N)n3)n2cc1S(=O)(=O)C(C)(C)C. The van der Waals surface area contributed by atoms with E-state index in [9.17, 15) is 8.42 Å². The molecule has 3 heterocycles. The van der Waals surface area contributed by atoms with Crippen molar-refractivity contribution in [1.82, 2.24) is 14.4 Å². The average molecular weight is 390 g/mol. The van der Waals surface area contributed by atoms with Crippen molar-refractivity contribution in [1.29, 1.82) is 0 Å². The lowest BCUT2D eigenvalue weighted by Crippen LogP contribution is -2.28. The Morgan fingerprint density at radius 2 is 1.78 bits per heavy atom. The smallest absolute Gasteiger partial charge is 0.188 e. The summed E-state index contributed by atoms with van der Waals surface area (Å²) in [6.45, 7) is 4.94. The quantitative estimate of drug-likeness (QED) is 0.729. The van der Waals surface area contributed by atoms with Gasteiger partial charge in [-0.15, -0.1) is 0 Å². The zero-order valence-corrected chi connectivity index (χ0v) is 16.7. The van der Waals surface area contributed by atoms with E-state index >= 15 is 0 Å². The van der Waals surface area contributed by atoms with E-state index in [1.165, 1.54) is 20.4 Å². The van der Waals surface area contributed by atoms with Crippen molar-refractivity contribution in [3.8, 4) is 22.9 Å². The Kier molecular flexibility index (Phi) is 4.51. The molecule has 0 amide bonds. The van der Waals surface area contributed by atoms with Gasteiger partial charge in [0.25, 0.3) is 0 Å². The number of nitrogen functional groups attached to an aromatic ring is 1. The molecule has 9 heteroatoms. The van der Waals surface area contributed by atoms with E-state index in [0.29, 0.717) is 22.8 Å². The van der Waals surface area contributed by atoms with Gasteiger partial charge in [-0.2, -0.15) is 0 Å². The van der Waals surface area contributed by atoms with Crippen LogP contribution in [0.3, 0.4) is 0 Å². The molecule has 0 atom stereocenters. The summed E-state index contributed by atoms with van der Waals surface area (Å²) >= 11 is 0. The van der Waals surface area contributed by atoms with Gasteiger partial charge < -0.3 is 15.2 Å². The first-order valence-corrected chi connectivity index (χ1v) is 9.69. The fraction of sp³-hybridized carbons (Fsp3) is 0.333. The monoisotopic (exact) mass is 390 g/mol. The third-order valence-corrected chi connectivity index (χ3v) is 6.76. The molecule has 0 radical (unpaired) electrons. The normalized spacial score (nSPS) is 12.3. The molecule has 3 rings (SSSR count). The fourth-order valence-corrected chi connectivity index (χ4v) is 3.96. The third kappa shape index (κ3) is 3.08. The number of rotatable bonds is 4. The van der Waals surface area contributed by atoms with E-state index in [4.69, 9.17) is 15.2 Å². The molecule has 3 aromatic rings. The number of nitrogens with two attached hydrogens (primary N) is 1. The molecule has 0 aromatic carbocycles. The van der Waals surface area contributed by atoms with Crippen LogP contribution in [0.5, 0.6) is 11.5 Å². The first kappa shape index (κ1) is 19.0. The molecule has 2 N–H and O–H groups in total. The fourth-order valence-electron chi connectivity index (χ4n) is 2.64. The van der Waals surface area contributed by atoms with Crippen LogP contribution in [-0.4, -0.2) is 41.8 Å². The van der Waals surface area contributed by atoms with Gasteiger partial charge in [0.1, 0.15) is 16.3 Å². The standard InChI is InChI=1S/C18H22N4O4S/c1-18(2,3)27(23,24)15-10-22-12(9-20-16(22)8-14(15)26-5)11-6-7-13(25-4)17(19)21-11/h6-10H,1-5H3,(H2,19,21). The van der Waals surface area contributed by atoms with Crippen molar-refractivity contribution in [3.63, 3.8) is 0 Å². The highest BCUT2D eigenvalue weighted by molar-refractivity contribution is 7.92. The molecule has 0 aliphatic rings. The van der Waals surface area contributed by atoms with Crippen molar-refractivity contribution < 1.29 is 17.9 Å². The van der Waals surface area contributed by atoms with E-state index in [2.05, 4.69) is 9.97 Å². The molecule has 144 valence electrons. The maximum atomic E-state index is 13.0. The predicted octanol–water partition coefficient (Wildman–Crippen LogP) is 2.57.